The first-order valence-electron chi connectivity index (χ1n) is 6.68. The molecule has 3 rings (SSSR count). The van der Waals surface area contributed by atoms with Gasteiger partial charge in [0.25, 0.3) is 0 Å². The molecule has 2 amide bonds. The Hall–Kier alpha value is -2.24. The van der Waals surface area contributed by atoms with Crippen molar-refractivity contribution in [2.24, 2.45) is 0 Å². The number of nitrogens with zero attached hydrogens (tertiary/aromatic N) is 1. The zero-order valence-electron chi connectivity index (χ0n) is 10.9. The highest BCUT2D eigenvalue weighted by Crippen LogP contribution is 2.27. The molecule has 106 valence electrons. The number of nitrogens with one attached hydrogen (secondary N) is 1. The summed E-state index contributed by atoms with van der Waals surface area (Å²) in [4.78, 5) is 25.9. The molecule has 2 atom stereocenters. The summed E-state index contributed by atoms with van der Waals surface area (Å²) >= 11 is 0. The Labute approximate surface area is 116 Å². The minimum Gasteiger partial charge on any atom is -0.504 e. The van der Waals surface area contributed by atoms with Crippen molar-refractivity contribution in [3.8, 4) is 11.5 Å². The molecule has 20 heavy (non-hydrogen) atoms. The number of aromatic hydroxyl groups is 2. The van der Waals surface area contributed by atoms with Crippen molar-refractivity contribution >= 4 is 11.8 Å². The van der Waals surface area contributed by atoms with Crippen molar-refractivity contribution in [1.29, 1.82) is 0 Å². The number of hydrogen-bond donors (Lipinski definition) is 3. The number of hydrogen-bond acceptors (Lipinski definition) is 4. The molecule has 0 unspecified atom stereocenters. The van der Waals surface area contributed by atoms with E-state index in [1.807, 2.05) is 0 Å². The van der Waals surface area contributed by atoms with Crippen LogP contribution in [0, 0.1) is 0 Å². The van der Waals surface area contributed by atoms with Gasteiger partial charge in [-0.05, 0) is 30.5 Å². The molecule has 0 bridgehead atoms. The van der Waals surface area contributed by atoms with Crippen molar-refractivity contribution < 1.29 is 19.8 Å². The summed E-state index contributed by atoms with van der Waals surface area (Å²) in [6, 6.07) is 3.50. The van der Waals surface area contributed by atoms with Gasteiger partial charge in [0.2, 0.25) is 11.8 Å². The monoisotopic (exact) mass is 276 g/mol. The Kier molecular flexibility index (Phi) is 3.00. The molecule has 0 aromatic heterocycles. The Morgan fingerprint density at radius 3 is 2.80 bits per heavy atom. The second kappa shape index (κ2) is 4.70. The fourth-order valence-corrected chi connectivity index (χ4v) is 2.90. The Bertz CT molecular complexity index is 572. The molecular weight excluding hydrogens is 260 g/mol. The van der Waals surface area contributed by atoms with Gasteiger partial charge in [-0.25, -0.2) is 0 Å². The van der Waals surface area contributed by atoms with Crippen molar-refractivity contribution in [3.05, 3.63) is 23.8 Å². The van der Waals surface area contributed by atoms with E-state index in [-0.39, 0.29) is 29.4 Å². The molecule has 3 N–H and O–H groups in total. The maximum absolute atomic E-state index is 12.3. The summed E-state index contributed by atoms with van der Waals surface area (Å²) in [7, 11) is 0. The molecule has 0 spiro atoms. The average Bonchev–Trinajstić information content (AvgIpc) is 2.90. The average molecular weight is 276 g/mol. The van der Waals surface area contributed by atoms with Crippen LogP contribution in [0.25, 0.3) is 0 Å². The minimum absolute atomic E-state index is 0.0698. The van der Waals surface area contributed by atoms with Crippen LogP contribution < -0.4 is 5.32 Å². The van der Waals surface area contributed by atoms with Gasteiger partial charge in [0, 0.05) is 13.0 Å². The number of piperazine rings is 1. The molecule has 2 aliphatic rings. The first-order chi connectivity index (χ1) is 9.56. The number of amides is 2. The summed E-state index contributed by atoms with van der Waals surface area (Å²) in [5.41, 5.74) is 0.691. The number of phenols is 2. The van der Waals surface area contributed by atoms with Crippen LogP contribution in [0.15, 0.2) is 18.2 Å². The van der Waals surface area contributed by atoms with Crippen molar-refractivity contribution in [2.45, 2.75) is 31.3 Å². The summed E-state index contributed by atoms with van der Waals surface area (Å²) < 4.78 is 0. The second-order valence-electron chi connectivity index (χ2n) is 5.28. The van der Waals surface area contributed by atoms with E-state index in [0.717, 1.165) is 12.8 Å². The third-order valence-corrected chi connectivity index (χ3v) is 3.93. The number of phenolic OH excluding ortho intramolecular Hbond substituents is 2. The van der Waals surface area contributed by atoms with Crippen LogP contribution in [0.4, 0.5) is 0 Å². The molecule has 0 radical (unpaired) electrons. The quantitative estimate of drug-likeness (QED) is 0.670. The largest absolute Gasteiger partial charge is 0.504 e. The highest BCUT2D eigenvalue weighted by molar-refractivity contribution is 5.97. The van der Waals surface area contributed by atoms with Gasteiger partial charge >= 0.3 is 0 Å². The van der Waals surface area contributed by atoms with Crippen molar-refractivity contribution in [1.82, 2.24) is 10.2 Å². The van der Waals surface area contributed by atoms with Crippen LogP contribution in [-0.4, -0.2) is 45.6 Å². The van der Waals surface area contributed by atoms with Gasteiger partial charge in [0.15, 0.2) is 11.5 Å². The topological polar surface area (TPSA) is 89.9 Å². The first kappa shape index (κ1) is 12.8. The summed E-state index contributed by atoms with van der Waals surface area (Å²) in [6.45, 7) is 0.633. The standard InChI is InChI=1S/C14H16N2O4/c17-11-4-3-8(7-12(11)18)6-9-14(20)16-5-1-2-10(16)13(19)15-9/h3-4,7,9-10,17-18H,1-2,5-6H2,(H,15,19)/t9-,10-/m0/s1. The molecular formula is C14H16N2O4. The van der Waals surface area contributed by atoms with Crippen molar-refractivity contribution in [2.75, 3.05) is 6.54 Å². The zero-order chi connectivity index (χ0) is 14.3. The first-order valence-corrected chi connectivity index (χ1v) is 6.68. The van der Waals surface area contributed by atoms with E-state index in [9.17, 15) is 19.8 Å². The SMILES string of the molecule is O=C1N[C@@H](Cc2ccc(O)c(O)c2)C(=O)N2CCC[C@@H]12. The maximum Gasteiger partial charge on any atom is 0.246 e. The number of rotatable bonds is 2. The fraction of sp³-hybridized carbons (Fsp3) is 0.429. The van der Waals surface area contributed by atoms with Gasteiger partial charge in [-0.1, -0.05) is 6.07 Å². The molecule has 1 aromatic carbocycles. The molecule has 6 nitrogen and oxygen atoms in total. The maximum atomic E-state index is 12.3. The number of benzene rings is 1. The molecule has 2 saturated heterocycles. The molecule has 0 saturated carbocycles. The van der Waals surface area contributed by atoms with E-state index >= 15 is 0 Å². The lowest BCUT2D eigenvalue weighted by Gasteiger charge is -2.34. The Balaban J connectivity index is 1.78. The van der Waals surface area contributed by atoms with Gasteiger partial charge < -0.3 is 20.4 Å². The second-order valence-corrected chi connectivity index (χ2v) is 5.28. The van der Waals surface area contributed by atoms with E-state index in [1.165, 1.54) is 12.1 Å². The predicted molar refractivity (Wildman–Crippen MR) is 70.1 cm³/mol. The molecule has 2 fully saturated rings. The zero-order valence-corrected chi connectivity index (χ0v) is 10.9. The fourth-order valence-electron chi connectivity index (χ4n) is 2.90. The molecule has 1 aromatic rings. The van der Waals surface area contributed by atoms with Gasteiger partial charge in [-0.2, -0.15) is 0 Å². The minimum atomic E-state index is -0.596. The van der Waals surface area contributed by atoms with Crippen LogP contribution >= 0.6 is 0 Å². The van der Waals surface area contributed by atoms with Gasteiger partial charge in [-0.15, -0.1) is 0 Å². The smallest absolute Gasteiger partial charge is 0.246 e. The Morgan fingerprint density at radius 2 is 2.05 bits per heavy atom. The van der Waals surface area contributed by atoms with Gasteiger partial charge in [0.05, 0.1) is 0 Å². The number of fused-ring (bicyclic) bond motifs is 1. The van der Waals surface area contributed by atoms with E-state index in [1.54, 1.807) is 11.0 Å². The number of carbonyl (C=O) groups excluding carboxylic acids is 2. The van der Waals surface area contributed by atoms with Crippen LogP contribution in [0.5, 0.6) is 11.5 Å². The molecule has 0 aliphatic carbocycles. The van der Waals surface area contributed by atoms with Gasteiger partial charge in [-0.3, -0.25) is 9.59 Å². The highest BCUT2D eigenvalue weighted by atomic mass is 16.3. The van der Waals surface area contributed by atoms with Gasteiger partial charge in [0.1, 0.15) is 12.1 Å². The van der Waals surface area contributed by atoms with E-state index in [2.05, 4.69) is 5.32 Å². The normalized spacial score (nSPS) is 25.5. The third kappa shape index (κ3) is 2.07. The lowest BCUT2D eigenvalue weighted by Crippen LogP contribution is -2.61. The van der Waals surface area contributed by atoms with Crippen LogP contribution in [0.3, 0.4) is 0 Å². The summed E-state index contributed by atoms with van der Waals surface area (Å²) in [5.74, 6) is -0.599. The summed E-state index contributed by atoms with van der Waals surface area (Å²) in [5, 5.41) is 21.5. The van der Waals surface area contributed by atoms with Crippen LogP contribution in [-0.2, 0) is 16.0 Å². The van der Waals surface area contributed by atoms with E-state index < -0.39 is 6.04 Å². The number of carbonyl (C=O) groups is 2. The molecule has 6 heteroatoms. The van der Waals surface area contributed by atoms with E-state index in [0.29, 0.717) is 18.5 Å². The molecule has 2 aliphatic heterocycles. The Morgan fingerprint density at radius 1 is 1.25 bits per heavy atom. The molecule has 2 heterocycles. The predicted octanol–water partition coefficient (Wildman–Crippen LogP) is 0.130. The van der Waals surface area contributed by atoms with E-state index in [4.69, 9.17) is 0 Å². The highest BCUT2D eigenvalue weighted by Gasteiger charge is 2.42. The lowest BCUT2D eigenvalue weighted by molar-refractivity contribution is -0.146. The lowest BCUT2D eigenvalue weighted by atomic mass is 10.0. The summed E-state index contributed by atoms with van der Waals surface area (Å²) in [6.07, 6.45) is 1.89. The van der Waals surface area contributed by atoms with Crippen molar-refractivity contribution in [3.63, 3.8) is 0 Å². The van der Waals surface area contributed by atoms with Crippen LogP contribution in [0.1, 0.15) is 18.4 Å². The van der Waals surface area contributed by atoms with Crippen LogP contribution in [0.2, 0.25) is 0 Å². The third-order valence-electron chi connectivity index (χ3n) is 3.93.